The summed E-state index contributed by atoms with van der Waals surface area (Å²) in [6.07, 6.45) is 4.35. The second kappa shape index (κ2) is 6.58. The van der Waals surface area contributed by atoms with Gasteiger partial charge in [0.2, 0.25) is 0 Å². The highest BCUT2D eigenvalue weighted by atomic mass is 35.5. The number of rotatable bonds is 6. The number of hydrogen-bond donors (Lipinski definition) is 1. The van der Waals surface area contributed by atoms with E-state index in [1.807, 2.05) is 12.3 Å². The summed E-state index contributed by atoms with van der Waals surface area (Å²) in [6.45, 7) is 1.30. The Morgan fingerprint density at radius 3 is 2.75 bits per heavy atom. The van der Waals surface area contributed by atoms with Crippen molar-refractivity contribution in [1.29, 1.82) is 0 Å². The minimum atomic E-state index is -0.488. The Balaban J connectivity index is 1.98. The number of nitro benzene ring substituents is 1. The van der Waals surface area contributed by atoms with Crippen LogP contribution in [0.5, 0.6) is 0 Å². The van der Waals surface area contributed by atoms with Gasteiger partial charge in [-0.3, -0.25) is 14.8 Å². The van der Waals surface area contributed by atoms with Gasteiger partial charge in [-0.25, -0.2) is 0 Å². The number of aryl methyl sites for hydroxylation is 1. The molecule has 0 aliphatic rings. The molecule has 0 spiro atoms. The fourth-order valence-corrected chi connectivity index (χ4v) is 2.05. The van der Waals surface area contributed by atoms with E-state index in [4.69, 9.17) is 23.2 Å². The highest BCUT2D eigenvalue weighted by Crippen LogP contribution is 2.33. The van der Waals surface area contributed by atoms with Crippen molar-refractivity contribution in [1.82, 2.24) is 9.78 Å². The van der Waals surface area contributed by atoms with Gasteiger partial charge in [0, 0.05) is 31.5 Å². The van der Waals surface area contributed by atoms with Gasteiger partial charge >= 0.3 is 0 Å². The number of nitrogens with zero attached hydrogens (tertiary/aromatic N) is 3. The molecule has 1 aromatic carbocycles. The van der Waals surface area contributed by atoms with Crippen LogP contribution in [0.25, 0.3) is 0 Å². The lowest BCUT2D eigenvalue weighted by molar-refractivity contribution is -0.383. The van der Waals surface area contributed by atoms with Gasteiger partial charge in [0.05, 0.1) is 15.0 Å². The van der Waals surface area contributed by atoms with Crippen LogP contribution in [0.4, 0.5) is 11.4 Å². The molecule has 0 saturated heterocycles. The fourth-order valence-electron chi connectivity index (χ4n) is 1.73. The lowest BCUT2D eigenvalue weighted by atomic mass is 10.2. The normalized spacial score (nSPS) is 10.5. The van der Waals surface area contributed by atoms with E-state index in [1.165, 1.54) is 12.1 Å². The molecule has 0 saturated carbocycles. The fraction of sp³-hybridized carbons (Fsp3) is 0.250. The summed E-state index contributed by atoms with van der Waals surface area (Å²) in [6, 6.07) is 4.56. The van der Waals surface area contributed by atoms with Crippen LogP contribution in [0.3, 0.4) is 0 Å². The molecule has 1 heterocycles. The minimum absolute atomic E-state index is 0.0847. The lowest BCUT2D eigenvalue weighted by Crippen LogP contribution is -2.08. The van der Waals surface area contributed by atoms with E-state index in [0.717, 1.165) is 13.0 Å². The van der Waals surface area contributed by atoms with E-state index in [1.54, 1.807) is 10.9 Å². The van der Waals surface area contributed by atoms with Gasteiger partial charge in [-0.1, -0.05) is 23.2 Å². The van der Waals surface area contributed by atoms with Crippen molar-refractivity contribution in [3.63, 3.8) is 0 Å². The Labute approximate surface area is 125 Å². The number of halogens is 2. The van der Waals surface area contributed by atoms with Crippen LogP contribution >= 0.6 is 23.2 Å². The quantitative estimate of drug-likeness (QED) is 0.502. The second-order valence-electron chi connectivity index (χ2n) is 4.09. The molecule has 0 unspecified atom stereocenters. The van der Waals surface area contributed by atoms with Crippen LogP contribution in [0, 0.1) is 10.1 Å². The third-order valence-corrected chi connectivity index (χ3v) is 3.40. The summed E-state index contributed by atoms with van der Waals surface area (Å²) in [5, 5.41) is 18.5. The maximum Gasteiger partial charge on any atom is 0.293 e. The molecule has 2 aromatic rings. The Hall–Kier alpha value is -1.79. The van der Waals surface area contributed by atoms with Crippen molar-refractivity contribution in [3.05, 3.63) is 50.8 Å². The summed E-state index contributed by atoms with van der Waals surface area (Å²) in [7, 11) is 0. The zero-order valence-corrected chi connectivity index (χ0v) is 11.9. The van der Waals surface area contributed by atoms with E-state index in [-0.39, 0.29) is 15.7 Å². The SMILES string of the molecule is O=[N+]([O-])c1cc(Cl)c(Cl)cc1NCCCn1cccn1. The van der Waals surface area contributed by atoms with Crippen molar-refractivity contribution < 1.29 is 4.92 Å². The Morgan fingerprint density at radius 2 is 2.10 bits per heavy atom. The van der Waals surface area contributed by atoms with Crippen molar-refractivity contribution in [2.45, 2.75) is 13.0 Å². The molecule has 8 heteroatoms. The Kier molecular flexibility index (Phi) is 4.81. The zero-order chi connectivity index (χ0) is 14.5. The molecule has 2 rings (SSSR count). The topological polar surface area (TPSA) is 73.0 Å². The first-order valence-electron chi connectivity index (χ1n) is 5.92. The molecular formula is C12H12Cl2N4O2. The van der Waals surface area contributed by atoms with Gasteiger partial charge < -0.3 is 5.32 Å². The first-order valence-corrected chi connectivity index (χ1v) is 6.68. The zero-order valence-electron chi connectivity index (χ0n) is 10.4. The molecule has 1 N–H and O–H groups in total. The molecule has 0 atom stereocenters. The largest absolute Gasteiger partial charge is 0.379 e. The van der Waals surface area contributed by atoms with Crippen LogP contribution in [0.1, 0.15) is 6.42 Å². The molecule has 20 heavy (non-hydrogen) atoms. The third-order valence-electron chi connectivity index (χ3n) is 2.67. The van der Waals surface area contributed by atoms with E-state index >= 15 is 0 Å². The first kappa shape index (κ1) is 14.6. The van der Waals surface area contributed by atoms with Gasteiger partial charge in [-0.05, 0) is 18.6 Å². The molecule has 106 valence electrons. The van der Waals surface area contributed by atoms with Gasteiger partial charge in [0.15, 0.2) is 0 Å². The Morgan fingerprint density at radius 1 is 1.35 bits per heavy atom. The van der Waals surface area contributed by atoms with E-state index < -0.39 is 4.92 Å². The van der Waals surface area contributed by atoms with Crippen LogP contribution in [0.15, 0.2) is 30.6 Å². The molecule has 0 radical (unpaired) electrons. The number of hydrogen-bond acceptors (Lipinski definition) is 4. The van der Waals surface area contributed by atoms with Crippen LogP contribution in [-0.2, 0) is 6.54 Å². The smallest absolute Gasteiger partial charge is 0.293 e. The van der Waals surface area contributed by atoms with Crippen molar-refractivity contribution in [2.24, 2.45) is 0 Å². The molecule has 6 nitrogen and oxygen atoms in total. The molecule has 0 bridgehead atoms. The van der Waals surface area contributed by atoms with E-state index in [0.29, 0.717) is 12.2 Å². The predicted molar refractivity (Wildman–Crippen MR) is 78.5 cm³/mol. The average Bonchev–Trinajstić information content (AvgIpc) is 2.91. The third kappa shape index (κ3) is 3.61. The molecule has 0 fully saturated rings. The molecule has 0 amide bonds. The average molecular weight is 315 g/mol. The van der Waals surface area contributed by atoms with Crippen molar-refractivity contribution in [2.75, 3.05) is 11.9 Å². The maximum atomic E-state index is 11.0. The molecule has 0 aliphatic heterocycles. The minimum Gasteiger partial charge on any atom is -0.379 e. The van der Waals surface area contributed by atoms with Gasteiger partial charge in [-0.15, -0.1) is 0 Å². The van der Waals surface area contributed by atoms with Gasteiger partial charge in [0.25, 0.3) is 5.69 Å². The molecule has 0 aliphatic carbocycles. The standard InChI is InChI=1S/C12H12Cl2N4O2/c13-9-7-11(12(18(19)20)8-10(9)14)15-3-1-5-17-6-2-4-16-17/h2,4,6-8,15H,1,3,5H2. The Bertz CT molecular complexity index is 602. The van der Waals surface area contributed by atoms with Crippen LogP contribution < -0.4 is 5.32 Å². The number of anilines is 1. The number of benzene rings is 1. The van der Waals surface area contributed by atoms with Gasteiger partial charge in [-0.2, -0.15) is 5.10 Å². The molecular weight excluding hydrogens is 303 g/mol. The first-order chi connectivity index (χ1) is 9.58. The highest BCUT2D eigenvalue weighted by Gasteiger charge is 2.16. The maximum absolute atomic E-state index is 11.0. The molecule has 1 aromatic heterocycles. The van der Waals surface area contributed by atoms with Crippen molar-refractivity contribution in [3.8, 4) is 0 Å². The predicted octanol–water partition coefficient (Wildman–Crippen LogP) is 3.60. The summed E-state index contributed by atoms with van der Waals surface area (Å²) in [4.78, 5) is 10.5. The second-order valence-corrected chi connectivity index (χ2v) is 4.90. The number of nitrogens with one attached hydrogen (secondary N) is 1. The monoisotopic (exact) mass is 314 g/mol. The summed E-state index contributed by atoms with van der Waals surface area (Å²) in [5.74, 6) is 0. The lowest BCUT2D eigenvalue weighted by Gasteiger charge is -2.08. The van der Waals surface area contributed by atoms with E-state index in [2.05, 4.69) is 10.4 Å². The summed E-state index contributed by atoms with van der Waals surface area (Å²) in [5.41, 5.74) is 0.281. The number of aromatic nitrogens is 2. The summed E-state index contributed by atoms with van der Waals surface area (Å²) < 4.78 is 1.80. The van der Waals surface area contributed by atoms with Gasteiger partial charge in [0.1, 0.15) is 5.69 Å². The van der Waals surface area contributed by atoms with E-state index in [9.17, 15) is 10.1 Å². The van der Waals surface area contributed by atoms with Crippen LogP contribution in [-0.4, -0.2) is 21.2 Å². The van der Waals surface area contributed by atoms with Crippen LogP contribution in [0.2, 0.25) is 10.0 Å². The van der Waals surface area contributed by atoms with Crippen molar-refractivity contribution >= 4 is 34.6 Å². The highest BCUT2D eigenvalue weighted by molar-refractivity contribution is 6.42. The summed E-state index contributed by atoms with van der Waals surface area (Å²) >= 11 is 11.7. The number of nitro groups is 1.